The Morgan fingerprint density at radius 2 is 2.20 bits per heavy atom. The molecule has 0 spiro atoms. The molecule has 6 heteroatoms. The fourth-order valence-electron chi connectivity index (χ4n) is 1.76. The van der Waals surface area contributed by atoms with E-state index in [1.807, 2.05) is 0 Å². The smallest absolute Gasteiger partial charge is 0.224 e. The first kappa shape index (κ1) is 12.4. The lowest BCUT2D eigenvalue weighted by Crippen LogP contribution is -2.50. The summed E-state index contributed by atoms with van der Waals surface area (Å²) in [6.07, 6.45) is 0.282. The quantitative estimate of drug-likeness (QED) is 0.690. The molecule has 1 fully saturated rings. The zero-order valence-corrected chi connectivity index (χ0v) is 9.96. The van der Waals surface area contributed by atoms with E-state index in [2.05, 4.69) is 0 Å². The summed E-state index contributed by atoms with van der Waals surface area (Å²) in [4.78, 5) is 13.3. The van der Waals surface area contributed by atoms with Gasteiger partial charge >= 0.3 is 0 Å². The Bertz CT molecular complexity index is 337. The van der Waals surface area contributed by atoms with Crippen molar-refractivity contribution in [3.63, 3.8) is 0 Å². The average molecular weight is 234 g/mol. The third kappa shape index (κ3) is 3.46. The maximum atomic E-state index is 11.7. The molecule has 0 aromatic heterocycles. The van der Waals surface area contributed by atoms with Crippen LogP contribution in [0.3, 0.4) is 0 Å². The molecule has 0 aromatic carbocycles. The van der Waals surface area contributed by atoms with Crippen LogP contribution >= 0.6 is 0 Å². The number of hydrogen-bond acceptors (Lipinski definition) is 4. The summed E-state index contributed by atoms with van der Waals surface area (Å²) < 4.78 is 22.6. The Hall–Kier alpha value is -0.620. The van der Waals surface area contributed by atoms with E-state index in [0.717, 1.165) is 0 Å². The number of nitrogens with zero attached hydrogens (tertiary/aromatic N) is 1. The van der Waals surface area contributed by atoms with Gasteiger partial charge < -0.3 is 10.6 Å². The molecule has 1 heterocycles. The minimum Gasteiger partial charge on any atom is -0.338 e. The first-order chi connectivity index (χ1) is 6.82. The number of rotatable bonds is 2. The van der Waals surface area contributed by atoms with Gasteiger partial charge in [0.1, 0.15) is 0 Å². The molecule has 0 bridgehead atoms. The Morgan fingerprint density at radius 3 is 2.67 bits per heavy atom. The van der Waals surface area contributed by atoms with Crippen LogP contribution in [-0.4, -0.2) is 49.4 Å². The van der Waals surface area contributed by atoms with Crippen LogP contribution in [0.5, 0.6) is 0 Å². The van der Waals surface area contributed by atoms with Gasteiger partial charge in [-0.05, 0) is 13.8 Å². The molecule has 1 aliphatic heterocycles. The van der Waals surface area contributed by atoms with Crippen molar-refractivity contribution in [2.45, 2.75) is 32.4 Å². The predicted octanol–water partition coefficient (Wildman–Crippen LogP) is -0.631. The van der Waals surface area contributed by atoms with Gasteiger partial charge in [-0.3, -0.25) is 4.79 Å². The minimum atomic E-state index is -2.95. The van der Waals surface area contributed by atoms with Crippen LogP contribution in [0.1, 0.15) is 20.3 Å². The maximum Gasteiger partial charge on any atom is 0.224 e. The Balaban J connectivity index is 2.62. The third-order valence-corrected chi connectivity index (χ3v) is 4.28. The van der Waals surface area contributed by atoms with Crippen LogP contribution in [0.15, 0.2) is 0 Å². The zero-order valence-electron chi connectivity index (χ0n) is 9.14. The van der Waals surface area contributed by atoms with E-state index in [0.29, 0.717) is 6.54 Å². The highest BCUT2D eigenvalue weighted by Crippen LogP contribution is 2.12. The van der Waals surface area contributed by atoms with E-state index >= 15 is 0 Å². The van der Waals surface area contributed by atoms with Crippen LogP contribution in [0.2, 0.25) is 0 Å². The van der Waals surface area contributed by atoms with E-state index < -0.39 is 9.84 Å². The lowest BCUT2D eigenvalue weighted by Gasteiger charge is -2.33. The van der Waals surface area contributed by atoms with Crippen LogP contribution in [0.25, 0.3) is 0 Å². The summed E-state index contributed by atoms with van der Waals surface area (Å²) in [6.45, 7) is 3.83. The van der Waals surface area contributed by atoms with Crippen molar-refractivity contribution in [1.29, 1.82) is 0 Å². The van der Waals surface area contributed by atoms with Crippen molar-refractivity contribution in [3.8, 4) is 0 Å². The predicted molar refractivity (Wildman–Crippen MR) is 58.1 cm³/mol. The zero-order chi connectivity index (χ0) is 11.6. The molecule has 1 amide bonds. The molecule has 15 heavy (non-hydrogen) atoms. The van der Waals surface area contributed by atoms with Gasteiger partial charge in [-0.1, -0.05) is 0 Å². The highest BCUT2D eigenvalue weighted by molar-refractivity contribution is 7.91. The maximum absolute atomic E-state index is 11.7. The molecular weight excluding hydrogens is 216 g/mol. The lowest BCUT2D eigenvalue weighted by molar-refractivity contribution is -0.132. The summed E-state index contributed by atoms with van der Waals surface area (Å²) in [5.41, 5.74) is 5.53. The minimum absolute atomic E-state index is 0.0487. The Morgan fingerprint density at radius 1 is 1.60 bits per heavy atom. The van der Waals surface area contributed by atoms with Gasteiger partial charge in [-0.25, -0.2) is 8.42 Å². The van der Waals surface area contributed by atoms with Gasteiger partial charge in [-0.2, -0.15) is 0 Å². The third-order valence-electron chi connectivity index (χ3n) is 2.49. The monoisotopic (exact) mass is 234 g/mol. The van der Waals surface area contributed by atoms with Crippen molar-refractivity contribution < 1.29 is 13.2 Å². The van der Waals surface area contributed by atoms with Gasteiger partial charge in [-0.15, -0.1) is 0 Å². The molecule has 1 aliphatic rings. The molecule has 0 aliphatic carbocycles. The van der Waals surface area contributed by atoms with E-state index in [1.54, 1.807) is 18.7 Å². The second-order valence-electron chi connectivity index (χ2n) is 4.23. The van der Waals surface area contributed by atoms with Crippen LogP contribution in [-0.2, 0) is 14.6 Å². The number of amides is 1. The SMILES string of the molecule is CC(N)CC(=O)N1CCS(=O)(=O)CC1C. The number of hydrogen-bond donors (Lipinski definition) is 1. The number of nitrogens with two attached hydrogens (primary N) is 1. The molecule has 0 aromatic rings. The van der Waals surface area contributed by atoms with E-state index in [1.165, 1.54) is 0 Å². The molecule has 0 saturated carbocycles. The highest BCUT2D eigenvalue weighted by Gasteiger charge is 2.31. The van der Waals surface area contributed by atoms with Gasteiger partial charge in [0.2, 0.25) is 5.91 Å². The van der Waals surface area contributed by atoms with Crippen molar-refractivity contribution >= 4 is 15.7 Å². The largest absolute Gasteiger partial charge is 0.338 e. The molecule has 88 valence electrons. The topological polar surface area (TPSA) is 80.5 Å². The average Bonchev–Trinajstić information content (AvgIpc) is 1.99. The lowest BCUT2D eigenvalue weighted by atomic mass is 10.2. The summed E-state index contributed by atoms with van der Waals surface area (Å²) >= 11 is 0. The normalized spacial score (nSPS) is 27.4. The fourth-order valence-corrected chi connectivity index (χ4v) is 3.32. The molecule has 2 atom stereocenters. The van der Waals surface area contributed by atoms with E-state index in [9.17, 15) is 13.2 Å². The summed E-state index contributed by atoms with van der Waals surface area (Å²) in [5, 5.41) is 0. The Labute approximate surface area is 90.5 Å². The molecule has 1 saturated heterocycles. The van der Waals surface area contributed by atoms with Gasteiger partial charge in [0, 0.05) is 25.0 Å². The van der Waals surface area contributed by atoms with Crippen molar-refractivity contribution in [3.05, 3.63) is 0 Å². The molecule has 5 nitrogen and oxygen atoms in total. The first-order valence-electron chi connectivity index (χ1n) is 5.07. The van der Waals surface area contributed by atoms with E-state index in [4.69, 9.17) is 5.73 Å². The number of carbonyl (C=O) groups excluding carboxylic acids is 1. The van der Waals surface area contributed by atoms with Crippen molar-refractivity contribution in [2.24, 2.45) is 5.73 Å². The number of sulfone groups is 1. The summed E-state index contributed by atoms with van der Waals surface area (Å²) in [5.74, 6) is 0.0899. The van der Waals surface area contributed by atoms with Gasteiger partial charge in [0.25, 0.3) is 0 Å². The second-order valence-corrected chi connectivity index (χ2v) is 6.46. The molecule has 0 radical (unpaired) electrons. The molecule has 2 unspecified atom stereocenters. The Kier molecular flexibility index (Phi) is 3.72. The van der Waals surface area contributed by atoms with Crippen molar-refractivity contribution in [2.75, 3.05) is 18.1 Å². The fraction of sp³-hybridized carbons (Fsp3) is 0.889. The van der Waals surface area contributed by atoms with Gasteiger partial charge in [0.15, 0.2) is 9.84 Å². The summed E-state index contributed by atoms with van der Waals surface area (Å²) in [7, 11) is -2.95. The van der Waals surface area contributed by atoms with Gasteiger partial charge in [0.05, 0.1) is 11.5 Å². The number of carbonyl (C=O) groups is 1. The molecular formula is C9H18N2O3S. The van der Waals surface area contributed by atoms with E-state index in [-0.39, 0.29) is 35.9 Å². The molecule has 2 N–H and O–H groups in total. The first-order valence-corrected chi connectivity index (χ1v) is 6.89. The molecule has 1 rings (SSSR count). The van der Waals surface area contributed by atoms with Crippen LogP contribution in [0.4, 0.5) is 0 Å². The summed E-state index contributed by atoms with van der Waals surface area (Å²) in [6, 6.07) is -0.404. The standard InChI is InChI=1S/C9H18N2O3S/c1-7(10)5-9(12)11-3-4-15(13,14)6-8(11)2/h7-8H,3-6,10H2,1-2H3. The second kappa shape index (κ2) is 4.49. The van der Waals surface area contributed by atoms with Crippen LogP contribution < -0.4 is 5.73 Å². The highest BCUT2D eigenvalue weighted by atomic mass is 32.2. The van der Waals surface area contributed by atoms with Crippen molar-refractivity contribution in [1.82, 2.24) is 4.90 Å². The van der Waals surface area contributed by atoms with Crippen LogP contribution in [0, 0.1) is 0 Å².